The smallest absolute Gasteiger partial charge is 0.149 e. The number of methoxy groups -OCH3 is 1. The highest BCUT2D eigenvalue weighted by Crippen LogP contribution is 2.52. The number of ether oxygens (including phenoxy) is 1. The van der Waals surface area contributed by atoms with Gasteiger partial charge in [-0.15, -0.1) is 0 Å². The van der Waals surface area contributed by atoms with Crippen LogP contribution in [0.4, 0.5) is 0 Å². The Morgan fingerprint density at radius 1 is 1.38 bits per heavy atom. The number of carbonyl (C=O) groups excluding carboxylic acids is 1. The quantitative estimate of drug-likeness (QED) is 0.641. The van der Waals surface area contributed by atoms with Gasteiger partial charge >= 0.3 is 0 Å². The standard InChI is InChI=1S/C18H26O3/c1-13-7-6-9-16(2,3)15(13)18(20)10-8-14(12-19)11-17(18,4)21-5/h7-8,10-12,15,20H,6,9H2,1-5H3. The van der Waals surface area contributed by atoms with E-state index < -0.39 is 11.2 Å². The van der Waals surface area contributed by atoms with Crippen LogP contribution in [0.5, 0.6) is 0 Å². The minimum atomic E-state index is -1.17. The Morgan fingerprint density at radius 3 is 2.57 bits per heavy atom. The maximum Gasteiger partial charge on any atom is 0.149 e. The molecule has 0 heterocycles. The van der Waals surface area contributed by atoms with Gasteiger partial charge in [0.05, 0.1) is 0 Å². The van der Waals surface area contributed by atoms with Crippen LogP contribution in [0.15, 0.2) is 35.5 Å². The molecule has 2 aliphatic rings. The first kappa shape index (κ1) is 16.2. The van der Waals surface area contributed by atoms with Crippen molar-refractivity contribution >= 4 is 6.29 Å². The van der Waals surface area contributed by atoms with Gasteiger partial charge in [-0.2, -0.15) is 0 Å². The number of aldehydes is 1. The Hall–Kier alpha value is -1.19. The normalized spacial score (nSPS) is 38.7. The number of rotatable bonds is 3. The third-order valence-corrected chi connectivity index (χ3v) is 5.26. The van der Waals surface area contributed by atoms with Gasteiger partial charge in [0, 0.05) is 18.6 Å². The van der Waals surface area contributed by atoms with E-state index in [0.717, 1.165) is 19.1 Å². The topological polar surface area (TPSA) is 46.5 Å². The maximum atomic E-state index is 11.5. The summed E-state index contributed by atoms with van der Waals surface area (Å²) in [7, 11) is 1.58. The van der Waals surface area contributed by atoms with Gasteiger partial charge in [0.1, 0.15) is 17.5 Å². The number of allylic oxidation sites excluding steroid dienone is 3. The summed E-state index contributed by atoms with van der Waals surface area (Å²) < 4.78 is 5.66. The first-order chi connectivity index (χ1) is 9.70. The second-order valence-corrected chi connectivity index (χ2v) is 7.14. The number of hydrogen-bond donors (Lipinski definition) is 1. The Bertz CT molecular complexity index is 527. The van der Waals surface area contributed by atoms with Gasteiger partial charge in [-0.05, 0) is 44.3 Å². The summed E-state index contributed by atoms with van der Waals surface area (Å²) in [5.41, 5.74) is -0.404. The van der Waals surface area contributed by atoms with Crippen molar-refractivity contribution in [2.75, 3.05) is 7.11 Å². The zero-order chi connectivity index (χ0) is 15.9. The summed E-state index contributed by atoms with van der Waals surface area (Å²) in [4.78, 5) is 11.1. The number of hydrogen-bond acceptors (Lipinski definition) is 3. The summed E-state index contributed by atoms with van der Waals surface area (Å²) in [5, 5.41) is 11.5. The molecule has 116 valence electrons. The molecule has 3 unspecified atom stereocenters. The summed E-state index contributed by atoms with van der Waals surface area (Å²) in [6.45, 7) is 8.30. The summed E-state index contributed by atoms with van der Waals surface area (Å²) in [6, 6.07) is 0. The van der Waals surface area contributed by atoms with Crippen LogP contribution in [0.2, 0.25) is 0 Å². The van der Waals surface area contributed by atoms with Gasteiger partial charge in [0.25, 0.3) is 0 Å². The van der Waals surface area contributed by atoms with E-state index in [-0.39, 0.29) is 11.3 Å². The molecule has 0 amide bonds. The third-order valence-electron chi connectivity index (χ3n) is 5.26. The van der Waals surface area contributed by atoms with E-state index in [1.54, 1.807) is 25.3 Å². The fourth-order valence-electron chi connectivity index (χ4n) is 4.04. The molecule has 3 atom stereocenters. The zero-order valence-electron chi connectivity index (χ0n) is 13.6. The fraction of sp³-hybridized carbons (Fsp3) is 0.611. The van der Waals surface area contributed by atoms with Crippen molar-refractivity contribution in [3.8, 4) is 0 Å². The van der Waals surface area contributed by atoms with Crippen LogP contribution in [0, 0.1) is 11.3 Å². The van der Waals surface area contributed by atoms with Crippen LogP contribution in [0.1, 0.15) is 40.5 Å². The van der Waals surface area contributed by atoms with Crippen molar-refractivity contribution in [3.05, 3.63) is 35.5 Å². The van der Waals surface area contributed by atoms with E-state index in [9.17, 15) is 9.90 Å². The Kier molecular flexibility index (Phi) is 4.02. The van der Waals surface area contributed by atoms with Gasteiger partial charge in [0.15, 0.2) is 0 Å². The molecule has 0 saturated carbocycles. The number of aliphatic hydroxyl groups is 1. The van der Waals surface area contributed by atoms with Gasteiger partial charge in [-0.3, -0.25) is 4.79 Å². The molecule has 0 fully saturated rings. The van der Waals surface area contributed by atoms with Crippen molar-refractivity contribution in [1.29, 1.82) is 0 Å². The van der Waals surface area contributed by atoms with Crippen molar-refractivity contribution in [1.82, 2.24) is 0 Å². The van der Waals surface area contributed by atoms with E-state index in [4.69, 9.17) is 4.74 Å². The van der Waals surface area contributed by atoms with Crippen molar-refractivity contribution < 1.29 is 14.6 Å². The lowest BCUT2D eigenvalue weighted by atomic mass is 9.56. The lowest BCUT2D eigenvalue weighted by Crippen LogP contribution is -2.61. The minimum Gasteiger partial charge on any atom is -0.382 e. The first-order valence-corrected chi connectivity index (χ1v) is 7.51. The predicted octanol–water partition coefficient (Wildman–Crippen LogP) is 3.20. The van der Waals surface area contributed by atoms with Crippen molar-refractivity contribution in [3.63, 3.8) is 0 Å². The van der Waals surface area contributed by atoms with Crippen LogP contribution in [-0.4, -0.2) is 29.7 Å². The molecule has 0 spiro atoms. The van der Waals surface area contributed by atoms with Gasteiger partial charge in [0.2, 0.25) is 0 Å². The molecule has 0 aromatic rings. The van der Waals surface area contributed by atoms with Gasteiger partial charge in [-0.1, -0.05) is 31.6 Å². The average molecular weight is 290 g/mol. The minimum absolute atomic E-state index is 0.0375. The number of carbonyl (C=O) groups is 1. The van der Waals surface area contributed by atoms with Crippen molar-refractivity contribution in [2.45, 2.75) is 51.7 Å². The molecule has 2 aliphatic carbocycles. The molecule has 0 saturated heterocycles. The second kappa shape index (κ2) is 5.22. The van der Waals surface area contributed by atoms with Gasteiger partial charge < -0.3 is 9.84 Å². The van der Waals surface area contributed by atoms with E-state index in [2.05, 4.69) is 26.8 Å². The highest BCUT2D eigenvalue weighted by atomic mass is 16.5. The largest absolute Gasteiger partial charge is 0.382 e. The molecule has 0 aliphatic heterocycles. The van der Waals surface area contributed by atoms with E-state index in [1.807, 2.05) is 6.92 Å². The molecule has 0 aromatic carbocycles. The van der Waals surface area contributed by atoms with Crippen LogP contribution >= 0.6 is 0 Å². The summed E-state index contributed by atoms with van der Waals surface area (Å²) in [6.07, 6.45) is 10.2. The van der Waals surface area contributed by atoms with E-state index in [0.29, 0.717) is 5.57 Å². The highest BCUT2D eigenvalue weighted by molar-refractivity contribution is 5.79. The highest BCUT2D eigenvalue weighted by Gasteiger charge is 2.56. The summed E-state index contributed by atoms with van der Waals surface area (Å²) in [5.74, 6) is -0.0515. The first-order valence-electron chi connectivity index (χ1n) is 7.51. The Morgan fingerprint density at radius 2 is 2.05 bits per heavy atom. The predicted molar refractivity (Wildman–Crippen MR) is 83.9 cm³/mol. The third kappa shape index (κ3) is 2.43. The molecule has 0 aromatic heterocycles. The molecule has 21 heavy (non-hydrogen) atoms. The van der Waals surface area contributed by atoms with Crippen molar-refractivity contribution in [2.24, 2.45) is 11.3 Å². The van der Waals surface area contributed by atoms with Gasteiger partial charge in [-0.25, -0.2) is 0 Å². The molecule has 3 nitrogen and oxygen atoms in total. The lowest BCUT2D eigenvalue weighted by molar-refractivity contribution is -0.150. The van der Waals surface area contributed by atoms with Crippen LogP contribution < -0.4 is 0 Å². The monoisotopic (exact) mass is 290 g/mol. The molecular formula is C18H26O3. The van der Waals surface area contributed by atoms with E-state index >= 15 is 0 Å². The Balaban J connectivity index is 2.57. The molecule has 1 N–H and O–H groups in total. The molecule has 2 rings (SSSR count). The Labute approximate surface area is 127 Å². The van der Waals surface area contributed by atoms with Crippen LogP contribution in [0.3, 0.4) is 0 Å². The van der Waals surface area contributed by atoms with Crippen LogP contribution in [-0.2, 0) is 9.53 Å². The molecule has 0 bridgehead atoms. The molecule has 3 heteroatoms. The molecular weight excluding hydrogens is 264 g/mol. The average Bonchev–Trinajstić information content (AvgIpc) is 2.41. The maximum absolute atomic E-state index is 11.5. The fourth-order valence-corrected chi connectivity index (χ4v) is 4.04. The zero-order valence-corrected chi connectivity index (χ0v) is 13.6. The SMILES string of the molecule is COC1(C)C=C(C=O)C=CC1(O)C1C(C)=CCCC1(C)C. The second-order valence-electron chi connectivity index (χ2n) is 7.14. The molecule has 0 radical (unpaired) electrons. The lowest BCUT2D eigenvalue weighted by Gasteiger charge is -2.53. The summed E-state index contributed by atoms with van der Waals surface area (Å²) >= 11 is 0. The van der Waals surface area contributed by atoms with Crippen LogP contribution in [0.25, 0.3) is 0 Å². The van der Waals surface area contributed by atoms with E-state index in [1.165, 1.54) is 5.57 Å².